The van der Waals surface area contributed by atoms with Gasteiger partial charge in [-0.25, -0.2) is 4.68 Å². The molecule has 1 N–H and O–H groups in total. The third-order valence-electron chi connectivity index (χ3n) is 4.47. The van der Waals surface area contributed by atoms with Crippen LogP contribution in [0.4, 0.5) is 0 Å². The quantitative estimate of drug-likeness (QED) is 0.621. The van der Waals surface area contributed by atoms with Crippen molar-refractivity contribution in [3.63, 3.8) is 0 Å². The number of rotatable bonds is 6. The van der Waals surface area contributed by atoms with E-state index < -0.39 is 17.7 Å². The Morgan fingerprint density at radius 1 is 0.966 bits per heavy atom. The van der Waals surface area contributed by atoms with Crippen molar-refractivity contribution in [1.82, 2.24) is 20.0 Å². The van der Waals surface area contributed by atoms with Gasteiger partial charge in [0.2, 0.25) is 5.91 Å². The summed E-state index contributed by atoms with van der Waals surface area (Å²) in [7, 11) is 0. The average molecular weight is 408 g/mol. The van der Waals surface area contributed by atoms with Crippen molar-refractivity contribution in [2.75, 3.05) is 13.1 Å². The van der Waals surface area contributed by atoms with E-state index in [1.54, 1.807) is 30.3 Å². The first-order valence-corrected chi connectivity index (χ1v) is 9.76. The summed E-state index contributed by atoms with van der Waals surface area (Å²) in [5, 5.41) is 8.86. The number of hydrogen-bond acceptors (Lipinski definition) is 6. The fourth-order valence-corrected chi connectivity index (χ4v) is 3.74. The molecule has 0 atom stereocenters. The van der Waals surface area contributed by atoms with Crippen molar-refractivity contribution in [2.24, 2.45) is 0 Å². The maximum atomic E-state index is 12.3. The molecule has 3 aromatic rings. The van der Waals surface area contributed by atoms with Gasteiger partial charge in [-0.2, -0.15) is 5.10 Å². The molecule has 0 saturated carbocycles. The van der Waals surface area contributed by atoms with Gasteiger partial charge in [0.15, 0.2) is 0 Å². The standard InChI is InChI=1S/C20H16N4O4S/c25-17(12-23-19(27)13-4-1-2-5-14(13)20(23)28)21-9-10-24-18(26)8-7-15(22-24)16-6-3-11-29-16/h1-8,11H,9-10,12H2,(H,21,25). The molecule has 8 nitrogen and oxygen atoms in total. The summed E-state index contributed by atoms with van der Waals surface area (Å²) in [5.41, 5.74) is 0.995. The van der Waals surface area contributed by atoms with Crippen LogP contribution in [0.15, 0.2) is 58.7 Å². The number of nitrogens with one attached hydrogen (secondary N) is 1. The molecular formula is C20H16N4O4S. The molecule has 29 heavy (non-hydrogen) atoms. The van der Waals surface area contributed by atoms with Gasteiger partial charge in [-0.3, -0.25) is 24.1 Å². The molecule has 0 fully saturated rings. The highest BCUT2D eigenvalue weighted by Gasteiger charge is 2.36. The van der Waals surface area contributed by atoms with Gasteiger partial charge in [0, 0.05) is 12.6 Å². The number of carbonyl (C=O) groups is 3. The van der Waals surface area contributed by atoms with E-state index in [4.69, 9.17) is 0 Å². The topological polar surface area (TPSA) is 101 Å². The first-order chi connectivity index (χ1) is 14.0. The number of hydrogen-bond donors (Lipinski definition) is 1. The smallest absolute Gasteiger partial charge is 0.266 e. The third-order valence-corrected chi connectivity index (χ3v) is 5.36. The van der Waals surface area contributed by atoms with E-state index in [9.17, 15) is 19.2 Å². The van der Waals surface area contributed by atoms with E-state index >= 15 is 0 Å². The normalized spacial score (nSPS) is 12.9. The van der Waals surface area contributed by atoms with Crippen molar-refractivity contribution >= 4 is 29.1 Å². The van der Waals surface area contributed by atoms with Gasteiger partial charge in [0.25, 0.3) is 17.4 Å². The zero-order valence-electron chi connectivity index (χ0n) is 15.2. The summed E-state index contributed by atoms with van der Waals surface area (Å²) in [5.74, 6) is -1.45. The van der Waals surface area contributed by atoms with E-state index in [2.05, 4.69) is 10.4 Å². The summed E-state index contributed by atoms with van der Waals surface area (Å²) < 4.78 is 1.28. The lowest BCUT2D eigenvalue weighted by Crippen LogP contribution is -2.41. The highest BCUT2D eigenvalue weighted by Crippen LogP contribution is 2.22. The lowest BCUT2D eigenvalue weighted by molar-refractivity contribution is -0.121. The third kappa shape index (κ3) is 3.72. The SMILES string of the molecule is O=C(CN1C(=O)c2ccccc2C1=O)NCCn1nc(-c2cccs2)ccc1=O. The second kappa shape index (κ2) is 7.80. The van der Waals surface area contributed by atoms with Gasteiger partial charge in [-0.1, -0.05) is 18.2 Å². The highest BCUT2D eigenvalue weighted by molar-refractivity contribution is 7.13. The highest BCUT2D eigenvalue weighted by atomic mass is 32.1. The lowest BCUT2D eigenvalue weighted by atomic mass is 10.1. The molecular weight excluding hydrogens is 392 g/mol. The molecule has 1 aromatic carbocycles. The summed E-state index contributed by atoms with van der Waals surface area (Å²) in [6.07, 6.45) is 0. The Morgan fingerprint density at radius 2 is 1.69 bits per heavy atom. The number of fused-ring (bicyclic) bond motifs is 1. The molecule has 4 rings (SSSR count). The van der Waals surface area contributed by atoms with Gasteiger partial charge in [0.05, 0.1) is 22.5 Å². The van der Waals surface area contributed by atoms with Crippen LogP contribution in [0.25, 0.3) is 10.6 Å². The molecule has 146 valence electrons. The first kappa shape index (κ1) is 18.8. The van der Waals surface area contributed by atoms with Crippen molar-refractivity contribution in [3.8, 4) is 10.6 Å². The van der Waals surface area contributed by atoms with E-state index in [0.717, 1.165) is 9.78 Å². The van der Waals surface area contributed by atoms with Gasteiger partial charge < -0.3 is 5.32 Å². The molecule has 0 spiro atoms. The fraction of sp³-hybridized carbons (Fsp3) is 0.150. The van der Waals surface area contributed by atoms with Crippen molar-refractivity contribution in [2.45, 2.75) is 6.54 Å². The second-order valence-corrected chi connectivity index (χ2v) is 7.30. The number of benzene rings is 1. The fourth-order valence-electron chi connectivity index (χ4n) is 3.05. The van der Waals surface area contributed by atoms with E-state index in [0.29, 0.717) is 16.8 Å². The monoisotopic (exact) mass is 408 g/mol. The number of carbonyl (C=O) groups excluding carboxylic acids is 3. The zero-order valence-corrected chi connectivity index (χ0v) is 16.0. The van der Waals surface area contributed by atoms with Crippen LogP contribution in [0, 0.1) is 0 Å². The maximum absolute atomic E-state index is 12.3. The molecule has 2 aromatic heterocycles. The molecule has 1 aliphatic heterocycles. The number of imide groups is 1. The van der Waals surface area contributed by atoms with Crippen LogP contribution < -0.4 is 10.9 Å². The largest absolute Gasteiger partial charge is 0.353 e. The molecule has 9 heteroatoms. The summed E-state index contributed by atoms with van der Waals surface area (Å²) in [4.78, 5) is 50.7. The molecule has 0 aliphatic carbocycles. The maximum Gasteiger partial charge on any atom is 0.266 e. The summed E-state index contributed by atoms with van der Waals surface area (Å²) in [6.45, 7) is -0.0569. The minimum absolute atomic E-state index is 0.142. The van der Waals surface area contributed by atoms with Gasteiger partial charge in [-0.15, -0.1) is 11.3 Å². The van der Waals surface area contributed by atoms with Crippen LogP contribution in [0.5, 0.6) is 0 Å². The molecule has 0 unspecified atom stereocenters. The minimum Gasteiger partial charge on any atom is -0.353 e. The molecule has 3 amide bonds. The van der Waals surface area contributed by atoms with Crippen LogP contribution >= 0.6 is 11.3 Å². The van der Waals surface area contributed by atoms with E-state index in [-0.39, 0.29) is 25.2 Å². The predicted molar refractivity (Wildman–Crippen MR) is 107 cm³/mol. The van der Waals surface area contributed by atoms with Gasteiger partial charge in [-0.05, 0) is 29.6 Å². The van der Waals surface area contributed by atoms with Crippen molar-refractivity contribution in [1.29, 1.82) is 0 Å². The van der Waals surface area contributed by atoms with Crippen LogP contribution in [0.1, 0.15) is 20.7 Å². The molecule has 0 saturated heterocycles. The van der Waals surface area contributed by atoms with Gasteiger partial charge in [0.1, 0.15) is 12.2 Å². The molecule has 0 radical (unpaired) electrons. The zero-order chi connectivity index (χ0) is 20.4. The number of thiophene rings is 1. The Morgan fingerprint density at radius 3 is 2.34 bits per heavy atom. The average Bonchev–Trinajstić information content (AvgIpc) is 3.34. The lowest BCUT2D eigenvalue weighted by Gasteiger charge is -2.14. The Kier molecular flexibility index (Phi) is 5.05. The van der Waals surface area contributed by atoms with E-state index in [1.165, 1.54) is 22.1 Å². The van der Waals surface area contributed by atoms with Crippen LogP contribution in [0.2, 0.25) is 0 Å². The second-order valence-electron chi connectivity index (χ2n) is 6.35. The van der Waals surface area contributed by atoms with Crippen LogP contribution in [-0.4, -0.2) is 45.5 Å². The van der Waals surface area contributed by atoms with Crippen molar-refractivity contribution < 1.29 is 14.4 Å². The minimum atomic E-state index is -0.484. The Labute approximate surface area is 169 Å². The van der Waals surface area contributed by atoms with Crippen molar-refractivity contribution in [3.05, 3.63) is 75.4 Å². The molecule has 3 heterocycles. The predicted octanol–water partition coefficient (Wildman–Crippen LogP) is 1.38. The first-order valence-electron chi connectivity index (χ1n) is 8.88. The molecule has 1 aliphatic rings. The van der Waals surface area contributed by atoms with Crippen LogP contribution in [-0.2, 0) is 11.3 Å². The Hall–Kier alpha value is -3.59. The summed E-state index contributed by atoms with van der Waals surface area (Å²) >= 11 is 1.52. The number of aromatic nitrogens is 2. The molecule has 0 bridgehead atoms. The Bertz CT molecular complexity index is 1120. The summed E-state index contributed by atoms with van der Waals surface area (Å²) in [6, 6.07) is 13.4. The van der Waals surface area contributed by atoms with Crippen LogP contribution in [0.3, 0.4) is 0 Å². The van der Waals surface area contributed by atoms with Gasteiger partial charge >= 0.3 is 0 Å². The Balaban J connectivity index is 1.36. The number of amides is 3. The number of nitrogens with zero attached hydrogens (tertiary/aromatic N) is 3. The van der Waals surface area contributed by atoms with E-state index in [1.807, 2.05) is 17.5 Å².